The topological polar surface area (TPSA) is 149 Å². The zero-order valence-electron chi connectivity index (χ0n) is 41.0. The van der Waals surface area contributed by atoms with E-state index in [9.17, 15) is 19.2 Å². The minimum atomic E-state index is -0.666. The second-order valence-electron chi connectivity index (χ2n) is 18.1. The molecule has 0 radical (unpaired) electrons. The van der Waals surface area contributed by atoms with Gasteiger partial charge in [-0.1, -0.05) is 188 Å². The quantitative estimate of drug-likeness (QED) is 0.0349. The monoisotopic (exact) mass is 877 g/mol. The molecule has 3 atom stereocenters. The van der Waals surface area contributed by atoms with Crippen LogP contribution in [-0.2, 0) is 28.7 Å². The molecule has 0 aromatic heterocycles. The molecule has 0 bridgehead atoms. The number of nitrogens with two attached hydrogens (primary N) is 1. The number of carbonyl (C=O) groups excluding carboxylic acids is 4. The van der Waals surface area contributed by atoms with Gasteiger partial charge in [0.15, 0.2) is 0 Å². The second kappa shape index (κ2) is 44.8. The van der Waals surface area contributed by atoms with Gasteiger partial charge in [0.1, 0.15) is 6.04 Å². The molecule has 0 aliphatic rings. The molecule has 2 amide bonds. The van der Waals surface area contributed by atoms with Gasteiger partial charge >= 0.3 is 11.9 Å². The van der Waals surface area contributed by atoms with Crippen molar-refractivity contribution in [3.05, 3.63) is 12.4 Å². The molecular formula is C52H100N4O6. The molecule has 0 aromatic rings. The average molecular weight is 877 g/mol. The lowest BCUT2D eigenvalue weighted by Gasteiger charge is -2.19. The summed E-state index contributed by atoms with van der Waals surface area (Å²) in [6, 6.07) is -0.666. The zero-order valence-corrected chi connectivity index (χ0v) is 41.0. The first-order chi connectivity index (χ1) is 30.2. The molecule has 5 N–H and O–H groups in total. The van der Waals surface area contributed by atoms with Crippen molar-refractivity contribution in [3.63, 3.8) is 0 Å². The van der Waals surface area contributed by atoms with Gasteiger partial charge in [0, 0.05) is 19.5 Å². The van der Waals surface area contributed by atoms with Crippen LogP contribution in [0.25, 0.3) is 0 Å². The van der Waals surface area contributed by atoms with Gasteiger partial charge in [0.25, 0.3) is 0 Å². The van der Waals surface area contributed by atoms with Gasteiger partial charge in [-0.15, -0.1) is 0 Å². The molecule has 0 aliphatic carbocycles. The summed E-state index contributed by atoms with van der Waals surface area (Å²) in [5.41, 5.74) is 5.67. The average Bonchev–Trinajstić information content (AvgIpc) is 3.25. The number of nitrogens with one attached hydrogen (secondary N) is 3. The Morgan fingerprint density at radius 1 is 0.452 bits per heavy atom. The number of ether oxygens (including phenoxy) is 2. The van der Waals surface area contributed by atoms with Crippen molar-refractivity contribution < 1.29 is 28.7 Å². The molecule has 0 rings (SSSR count). The summed E-state index contributed by atoms with van der Waals surface area (Å²) in [6.45, 7) is 14.4. The van der Waals surface area contributed by atoms with Gasteiger partial charge in [-0.3, -0.25) is 19.2 Å². The lowest BCUT2D eigenvalue weighted by molar-refractivity contribution is -0.150. The molecule has 3 unspecified atom stereocenters. The van der Waals surface area contributed by atoms with Crippen LogP contribution in [0.15, 0.2) is 12.4 Å². The van der Waals surface area contributed by atoms with Crippen LogP contribution in [0.1, 0.15) is 252 Å². The molecule has 0 spiro atoms. The van der Waals surface area contributed by atoms with E-state index in [1.807, 2.05) is 0 Å². The summed E-state index contributed by atoms with van der Waals surface area (Å²) in [7, 11) is 0. The third-order valence-electron chi connectivity index (χ3n) is 12.1. The molecule has 0 aliphatic heterocycles. The zero-order chi connectivity index (χ0) is 45.7. The van der Waals surface area contributed by atoms with Crippen molar-refractivity contribution in [2.24, 2.45) is 17.6 Å². The molecular weight excluding hydrogens is 777 g/mol. The highest BCUT2D eigenvalue weighted by Crippen LogP contribution is 2.22. The number of esters is 2. The van der Waals surface area contributed by atoms with Crippen molar-refractivity contribution in [2.75, 3.05) is 26.3 Å². The van der Waals surface area contributed by atoms with Crippen LogP contribution in [0.4, 0.5) is 0 Å². The maximum atomic E-state index is 13.1. The van der Waals surface area contributed by atoms with E-state index in [2.05, 4.69) is 50.2 Å². The predicted octanol–water partition coefficient (Wildman–Crippen LogP) is 12.7. The molecule has 10 heteroatoms. The Hall–Kier alpha value is -2.78. The minimum absolute atomic E-state index is 0.00502. The summed E-state index contributed by atoms with van der Waals surface area (Å²) < 4.78 is 11.5. The highest BCUT2D eigenvalue weighted by Gasteiger charge is 2.22. The second-order valence-corrected chi connectivity index (χ2v) is 18.1. The lowest BCUT2D eigenvalue weighted by Crippen LogP contribution is -2.48. The van der Waals surface area contributed by atoms with Crippen molar-refractivity contribution in [2.45, 2.75) is 258 Å². The largest absolute Gasteiger partial charge is 0.465 e. The lowest BCUT2D eigenvalue weighted by atomic mass is 9.94. The minimum Gasteiger partial charge on any atom is -0.465 e. The SMILES string of the molecule is C=C(N)NCCC(NC(=O)CCCCCOC(=O)C(CCCCCC)CCCCCCCC)C(=O)NCCCCCCCCOC(=O)C(CCCCCC)CCCCCCCC. The summed E-state index contributed by atoms with van der Waals surface area (Å²) in [4.78, 5) is 51.9. The van der Waals surface area contributed by atoms with Crippen molar-refractivity contribution >= 4 is 23.8 Å². The molecule has 364 valence electrons. The molecule has 0 heterocycles. The smallest absolute Gasteiger partial charge is 0.308 e. The van der Waals surface area contributed by atoms with E-state index < -0.39 is 6.04 Å². The van der Waals surface area contributed by atoms with Gasteiger partial charge in [0.2, 0.25) is 11.8 Å². The van der Waals surface area contributed by atoms with E-state index in [-0.39, 0.29) is 35.6 Å². The maximum Gasteiger partial charge on any atom is 0.308 e. The fraction of sp³-hybridized carbons (Fsp3) is 0.885. The normalized spacial score (nSPS) is 12.6. The molecule has 0 saturated carbocycles. The van der Waals surface area contributed by atoms with Crippen molar-refractivity contribution in [3.8, 4) is 0 Å². The van der Waals surface area contributed by atoms with E-state index in [0.29, 0.717) is 51.4 Å². The number of amides is 2. The first-order valence-electron chi connectivity index (χ1n) is 26.3. The third-order valence-corrected chi connectivity index (χ3v) is 12.1. The fourth-order valence-electron chi connectivity index (χ4n) is 8.06. The maximum absolute atomic E-state index is 13.1. The van der Waals surface area contributed by atoms with E-state index in [0.717, 1.165) is 103 Å². The van der Waals surface area contributed by atoms with Gasteiger partial charge in [-0.25, -0.2) is 0 Å². The molecule has 10 nitrogen and oxygen atoms in total. The first kappa shape index (κ1) is 59.2. The van der Waals surface area contributed by atoms with Crippen LogP contribution in [-0.4, -0.2) is 56.1 Å². The van der Waals surface area contributed by atoms with E-state index >= 15 is 0 Å². The van der Waals surface area contributed by atoms with Crippen LogP contribution < -0.4 is 21.7 Å². The molecule has 0 aromatic carbocycles. The third kappa shape index (κ3) is 37.7. The van der Waals surface area contributed by atoms with Crippen LogP contribution in [0.5, 0.6) is 0 Å². The highest BCUT2D eigenvalue weighted by molar-refractivity contribution is 5.87. The predicted molar refractivity (Wildman–Crippen MR) is 259 cm³/mol. The van der Waals surface area contributed by atoms with E-state index in [1.54, 1.807) is 0 Å². The van der Waals surface area contributed by atoms with Crippen LogP contribution in [0.2, 0.25) is 0 Å². The van der Waals surface area contributed by atoms with Crippen LogP contribution in [0.3, 0.4) is 0 Å². The number of hydrogen-bond acceptors (Lipinski definition) is 8. The van der Waals surface area contributed by atoms with E-state index in [1.165, 1.54) is 103 Å². The summed E-state index contributed by atoms with van der Waals surface area (Å²) in [5, 5.41) is 8.89. The Morgan fingerprint density at radius 2 is 0.823 bits per heavy atom. The molecule has 62 heavy (non-hydrogen) atoms. The molecule has 0 fully saturated rings. The van der Waals surface area contributed by atoms with Gasteiger partial charge < -0.3 is 31.2 Å². The Bertz CT molecular complexity index is 1090. The summed E-state index contributed by atoms with van der Waals surface area (Å²) in [6.07, 6.45) is 36.7. The Kier molecular flexibility index (Phi) is 42.8. The standard InChI is InChI=1S/C52H100N4O6/c1-6-10-14-18-22-29-37-46(35-27-16-12-8-3)51(59)61-43-33-25-21-20-24-32-41-55-50(58)48(40-42-54-45(5)53)56-49(57)39-31-26-34-44-62-52(60)47(36-28-17-13-9-4)38-30-23-19-15-11-7-2/h46-48,54H,5-44,53H2,1-4H3,(H,55,58)(H,56,57). The van der Waals surface area contributed by atoms with Crippen molar-refractivity contribution in [1.29, 1.82) is 0 Å². The van der Waals surface area contributed by atoms with Gasteiger partial charge in [-0.2, -0.15) is 0 Å². The van der Waals surface area contributed by atoms with Crippen LogP contribution >= 0.6 is 0 Å². The van der Waals surface area contributed by atoms with Crippen LogP contribution in [0, 0.1) is 11.8 Å². The number of hydrogen-bond donors (Lipinski definition) is 4. The van der Waals surface area contributed by atoms with Crippen molar-refractivity contribution in [1.82, 2.24) is 16.0 Å². The number of carbonyl (C=O) groups is 4. The highest BCUT2D eigenvalue weighted by atomic mass is 16.5. The Balaban J connectivity index is 4.47. The van der Waals surface area contributed by atoms with E-state index in [4.69, 9.17) is 15.2 Å². The van der Waals surface area contributed by atoms with Gasteiger partial charge in [0.05, 0.1) is 30.9 Å². The fourth-order valence-corrected chi connectivity index (χ4v) is 8.06. The van der Waals surface area contributed by atoms with Gasteiger partial charge in [-0.05, 0) is 64.2 Å². The number of rotatable bonds is 47. The Labute approximate surface area is 382 Å². The summed E-state index contributed by atoms with van der Waals surface area (Å²) >= 11 is 0. The summed E-state index contributed by atoms with van der Waals surface area (Å²) in [5.74, 6) is -0.0316. The first-order valence-corrected chi connectivity index (χ1v) is 26.3. The molecule has 0 saturated heterocycles. The number of unbranched alkanes of at least 4 members (excludes halogenated alkanes) is 23. The Morgan fingerprint density at radius 3 is 1.26 bits per heavy atom.